The van der Waals surface area contributed by atoms with Gasteiger partial charge < -0.3 is 0 Å². The number of halogens is 2. The number of rotatable bonds is 4. The monoisotopic (exact) mass is 606 g/mol. The molecular weight excluding hydrogens is 586 g/mol. The highest BCUT2D eigenvalue weighted by atomic mass is 19.1. The number of imide groups is 2. The van der Waals surface area contributed by atoms with Crippen molar-refractivity contribution < 1.29 is 28.0 Å². The van der Waals surface area contributed by atoms with Gasteiger partial charge >= 0.3 is 0 Å². The standard InChI is InChI=1S/C38H20F2N2O4/c39-27-15-25-29-23(35(43)41(37(25)45)17-19-7-3-1-4-8-19)13-11-21-32-28(40)16-26-30-24(14-12-22(34(30)32)31(27)33(21)29)36(44)42(38(26)46)18-20-9-5-2-6-10-20/h1-16H,17-18H2. The van der Waals surface area contributed by atoms with Crippen LogP contribution in [0.5, 0.6) is 0 Å². The Bertz CT molecular complexity index is 2350. The second-order valence-corrected chi connectivity index (χ2v) is 11.7. The molecule has 0 aliphatic carbocycles. The molecule has 8 heteroatoms. The van der Waals surface area contributed by atoms with Crippen molar-refractivity contribution in [2.75, 3.05) is 0 Å². The van der Waals surface area contributed by atoms with Gasteiger partial charge in [-0.2, -0.15) is 0 Å². The fourth-order valence-corrected chi connectivity index (χ4v) is 7.29. The maximum atomic E-state index is 16.3. The van der Waals surface area contributed by atoms with Gasteiger partial charge in [0.1, 0.15) is 11.6 Å². The number of amides is 4. The molecule has 7 aromatic rings. The summed E-state index contributed by atoms with van der Waals surface area (Å²) in [6, 6.07) is 26.5. The first kappa shape index (κ1) is 26.4. The Kier molecular flexibility index (Phi) is 5.30. The fraction of sp³-hybridized carbons (Fsp3) is 0.0526. The SMILES string of the molecule is O=C1c2ccc3c4c(F)cc5c6c(ccc(c7c(F)cc(c2c37)C(=O)N1Cc1ccccc1)c64)C(=O)N(Cc1ccccc1)C5=O. The molecule has 0 unspecified atom stereocenters. The molecule has 6 nitrogen and oxygen atoms in total. The van der Waals surface area contributed by atoms with Crippen molar-refractivity contribution in [1.29, 1.82) is 0 Å². The van der Waals surface area contributed by atoms with E-state index in [4.69, 9.17) is 0 Å². The summed E-state index contributed by atoms with van der Waals surface area (Å²) in [4.78, 5) is 57.2. The molecule has 0 atom stereocenters. The molecule has 7 aromatic carbocycles. The largest absolute Gasteiger partial charge is 0.270 e. The van der Waals surface area contributed by atoms with Gasteiger partial charge in [0, 0.05) is 43.4 Å². The Hall–Kier alpha value is -6.02. The smallest absolute Gasteiger partial charge is 0.261 e. The summed E-state index contributed by atoms with van der Waals surface area (Å²) in [6.07, 6.45) is 0. The lowest BCUT2D eigenvalue weighted by Crippen LogP contribution is -2.40. The number of fused-ring (bicyclic) bond motifs is 2. The van der Waals surface area contributed by atoms with Crippen molar-refractivity contribution >= 4 is 66.7 Å². The van der Waals surface area contributed by atoms with E-state index in [9.17, 15) is 19.2 Å². The molecular formula is C38H20F2N2O4. The number of carbonyl (C=O) groups is 4. The highest BCUT2D eigenvalue weighted by Crippen LogP contribution is 2.48. The Morgan fingerprint density at radius 1 is 0.413 bits per heavy atom. The molecule has 0 fully saturated rings. The van der Waals surface area contributed by atoms with Gasteiger partial charge in [0.15, 0.2) is 0 Å². The van der Waals surface area contributed by atoms with Crippen molar-refractivity contribution in [3.8, 4) is 0 Å². The van der Waals surface area contributed by atoms with E-state index in [0.717, 1.165) is 33.1 Å². The summed E-state index contributed by atoms with van der Waals surface area (Å²) in [5.41, 5.74) is 1.92. The van der Waals surface area contributed by atoms with E-state index >= 15 is 8.78 Å². The van der Waals surface area contributed by atoms with E-state index in [1.165, 1.54) is 12.1 Å². The summed E-state index contributed by atoms with van der Waals surface area (Å²) in [5, 5.41) is 1.77. The van der Waals surface area contributed by atoms with Gasteiger partial charge in [-0.1, -0.05) is 72.8 Å². The molecule has 0 radical (unpaired) electrons. The van der Waals surface area contributed by atoms with Crippen molar-refractivity contribution in [1.82, 2.24) is 9.80 Å². The summed E-state index contributed by atoms with van der Waals surface area (Å²) in [6.45, 7) is 0.0203. The predicted octanol–water partition coefficient (Wildman–Crippen LogP) is 7.61. The lowest BCUT2D eigenvalue weighted by Gasteiger charge is -2.30. The van der Waals surface area contributed by atoms with Gasteiger partial charge in [-0.25, -0.2) is 8.78 Å². The zero-order chi connectivity index (χ0) is 31.4. The molecule has 0 bridgehead atoms. The normalized spacial score (nSPS) is 14.6. The highest BCUT2D eigenvalue weighted by molar-refractivity contribution is 6.41. The number of carbonyl (C=O) groups excluding carboxylic acids is 4. The number of benzene rings is 7. The third-order valence-electron chi connectivity index (χ3n) is 9.28. The van der Waals surface area contributed by atoms with Crippen molar-refractivity contribution in [2.45, 2.75) is 13.1 Å². The Labute approximate surface area is 259 Å². The predicted molar refractivity (Wildman–Crippen MR) is 169 cm³/mol. The van der Waals surface area contributed by atoms with E-state index in [-0.39, 0.29) is 78.4 Å². The average Bonchev–Trinajstić information content (AvgIpc) is 3.07. The Morgan fingerprint density at radius 2 is 0.783 bits per heavy atom. The van der Waals surface area contributed by atoms with E-state index in [1.54, 1.807) is 60.7 Å². The van der Waals surface area contributed by atoms with Crippen LogP contribution in [0, 0.1) is 11.6 Å². The second-order valence-electron chi connectivity index (χ2n) is 11.7. The van der Waals surface area contributed by atoms with Crippen LogP contribution in [0.1, 0.15) is 52.6 Å². The van der Waals surface area contributed by atoms with Gasteiger partial charge in [-0.3, -0.25) is 29.0 Å². The minimum Gasteiger partial charge on any atom is -0.270 e. The van der Waals surface area contributed by atoms with Crippen molar-refractivity contribution in [3.05, 3.63) is 142 Å². The first-order chi connectivity index (χ1) is 22.3. The van der Waals surface area contributed by atoms with Crippen molar-refractivity contribution in [3.63, 3.8) is 0 Å². The van der Waals surface area contributed by atoms with Gasteiger partial charge in [0.25, 0.3) is 23.6 Å². The summed E-state index contributed by atoms with van der Waals surface area (Å²) in [7, 11) is 0. The number of nitrogens with zero attached hydrogens (tertiary/aromatic N) is 2. The van der Waals surface area contributed by atoms with Gasteiger partial charge in [-0.15, -0.1) is 0 Å². The molecule has 0 spiro atoms. The third kappa shape index (κ3) is 3.38. The second kappa shape index (κ2) is 9.25. The van der Waals surface area contributed by atoms with Gasteiger partial charge in [0.2, 0.25) is 0 Å². The molecule has 0 saturated heterocycles. The van der Waals surface area contributed by atoms with Crippen LogP contribution in [0.25, 0.3) is 43.1 Å². The zero-order valence-corrected chi connectivity index (χ0v) is 23.9. The first-order valence-electron chi connectivity index (χ1n) is 14.7. The molecule has 0 N–H and O–H groups in total. The Balaban J connectivity index is 1.31. The first-order valence-corrected chi connectivity index (χ1v) is 14.7. The van der Waals surface area contributed by atoms with E-state index < -0.39 is 35.3 Å². The number of hydrogen-bond donors (Lipinski definition) is 0. The Morgan fingerprint density at radius 3 is 1.17 bits per heavy atom. The zero-order valence-electron chi connectivity index (χ0n) is 23.9. The van der Waals surface area contributed by atoms with Crippen molar-refractivity contribution in [2.24, 2.45) is 0 Å². The van der Waals surface area contributed by atoms with Crippen LogP contribution in [-0.4, -0.2) is 33.4 Å². The van der Waals surface area contributed by atoms with Gasteiger partial charge in [0.05, 0.1) is 24.2 Å². The number of hydrogen-bond acceptors (Lipinski definition) is 4. The molecule has 220 valence electrons. The van der Waals surface area contributed by atoms with Crippen LogP contribution in [-0.2, 0) is 13.1 Å². The molecule has 4 amide bonds. The highest BCUT2D eigenvalue weighted by Gasteiger charge is 2.38. The van der Waals surface area contributed by atoms with Gasteiger partial charge in [-0.05, 0) is 46.2 Å². The molecule has 0 aromatic heterocycles. The quantitative estimate of drug-likeness (QED) is 0.117. The summed E-state index contributed by atoms with van der Waals surface area (Å²) in [5.74, 6) is -3.80. The fourth-order valence-electron chi connectivity index (χ4n) is 7.29. The maximum Gasteiger partial charge on any atom is 0.261 e. The van der Waals surface area contributed by atoms with E-state index in [1.807, 2.05) is 12.1 Å². The van der Waals surface area contributed by atoms with E-state index in [0.29, 0.717) is 0 Å². The molecule has 2 aliphatic heterocycles. The lowest BCUT2D eigenvalue weighted by atomic mass is 9.81. The van der Waals surface area contributed by atoms with Crippen LogP contribution in [0.15, 0.2) is 97.1 Å². The topological polar surface area (TPSA) is 74.8 Å². The van der Waals surface area contributed by atoms with Crippen LogP contribution < -0.4 is 0 Å². The molecule has 0 saturated carbocycles. The lowest BCUT2D eigenvalue weighted by molar-refractivity contribution is 0.0583. The van der Waals surface area contributed by atoms with Crippen LogP contribution in [0.4, 0.5) is 8.78 Å². The summed E-state index contributed by atoms with van der Waals surface area (Å²) < 4.78 is 32.7. The van der Waals surface area contributed by atoms with Crippen LogP contribution >= 0.6 is 0 Å². The summed E-state index contributed by atoms with van der Waals surface area (Å²) >= 11 is 0. The maximum absolute atomic E-state index is 16.3. The molecule has 9 rings (SSSR count). The van der Waals surface area contributed by atoms with Crippen LogP contribution in [0.3, 0.4) is 0 Å². The molecule has 2 heterocycles. The molecule has 2 aliphatic rings. The van der Waals surface area contributed by atoms with Crippen LogP contribution in [0.2, 0.25) is 0 Å². The third-order valence-corrected chi connectivity index (χ3v) is 9.28. The minimum absolute atomic E-state index is 0.0102. The molecule has 46 heavy (non-hydrogen) atoms. The average molecular weight is 607 g/mol. The van der Waals surface area contributed by atoms with E-state index in [2.05, 4.69) is 0 Å². The minimum atomic E-state index is -0.728.